The predicted molar refractivity (Wildman–Crippen MR) is 109 cm³/mol. The van der Waals surface area contributed by atoms with Crippen molar-refractivity contribution >= 4 is 33.6 Å². The molecule has 0 aromatic heterocycles. The minimum absolute atomic E-state index is 0.0328. The summed E-state index contributed by atoms with van der Waals surface area (Å²) in [7, 11) is 1.67. The van der Waals surface area contributed by atoms with Crippen molar-refractivity contribution in [1.82, 2.24) is 5.32 Å². The number of hydrogen-bond donors (Lipinski definition) is 1. The van der Waals surface area contributed by atoms with Gasteiger partial charge in [-0.15, -0.1) is 11.8 Å². The standard InChI is InChI=1S/C20H24BrNO2S/c1-4-18(16-7-10-19(24-3)14(2)11-16)22-20(23)13-25-12-15-5-8-17(21)9-6-15/h5-11,18H,4,12-13H2,1-3H3,(H,22,23)/t18-/m0/s1. The monoisotopic (exact) mass is 421 g/mol. The van der Waals surface area contributed by atoms with E-state index in [4.69, 9.17) is 4.74 Å². The van der Waals surface area contributed by atoms with Gasteiger partial charge in [-0.3, -0.25) is 4.79 Å². The van der Waals surface area contributed by atoms with Crippen molar-refractivity contribution in [1.29, 1.82) is 0 Å². The summed E-state index contributed by atoms with van der Waals surface area (Å²) in [6.45, 7) is 4.10. The molecule has 2 aromatic carbocycles. The molecular weight excluding hydrogens is 398 g/mol. The van der Waals surface area contributed by atoms with Crippen molar-refractivity contribution in [2.75, 3.05) is 12.9 Å². The third kappa shape index (κ3) is 6.08. The summed E-state index contributed by atoms with van der Waals surface area (Å²) in [6, 6.07) is 14.3. The van der Waals surface area contributed by atoms with Crippen molar-refractivity contribution < 1.29 is 9.53 Å². The van der Waals surface area contributed by atoms with Gasteiger partial charge in [0, 0.05) is 10.2 Å². The summed E-state index contributed by atoms with van der Waals surface area (Å²) in [5.41, 5.74) is 3.42. The number of benzene rings is 2. The molecule has 0 unspecified atom stereocenters. The lowest BCUT2D eigenvalue weighted by Crippen LogP contribution is -2.29. The van der Waals surface area contributed by atoms with Crippen LogP contribution in [0.1, 0.15) is 36.1 Å². The van der Waals surface area contributed by atoms with Gasteiger partial charge in [-0.2, -0.15) is 0 Å². The van der Waals surface area contributed by atoms with Gasteiger partial charge in [0.2, 0.25) is 5.91 Å². The number of ether oxygens (including phenoxy) is 1. The van der Waals surface area contributed by atoms with Crippen molar-refractivity contribution in [3.05, 3.63) is 63.6 Å². The maximum Gasteiger partial charge on any atom is 0.230 e. The molecule has 25 heavy (non-hydrogen) atoms. The van der Waals surface area contributed by atoms with Crippen LogP contribution in [0.5, 0.6) is 5.75 Å². The van der Waals surface area contributed by atoms with Gasteiger partial charge in [0.25, 0.3) is 0 Å². The van der Waals surface area contributed by atoms with E-state index in [9.17, 15) is 4.79 Å². The van der Waals surface area contributed by atoms with Gasteiger partial charge >= 0.3 is 0 Å². The van der Waals surface area contributed by atoms with E-state index in [0.717, 1.165) is 33.5 Å². The minimum Gasteiger partial charge on any atom is -0.496 e. The molecule has 0 fully saturated rings. The predicted octanol–water partition coefficient (Wildman–Crippen LogP) is 5.27. The molecule has 1 N–H and O–H groups in total. The van der Waals surface area contributed by atoms with Crippen molar-refractivity contribution in [3.8, 4) is 5.75 Å². The van der Waals surface area contributed by atoms with Crippen LogP contribution in [0.4, 0.5) is 0 Å². The van der Waals surface area contributed by atoms with Crippen LogP contribution in [-0.2, 0) is 10.5 Å². The first-order valence-electron chi connectivity index (χ1n) is 8.29. The highest BCUT2D eigenvalue weighted by molar-refractivity contribution is 9.10. The molecule has 0 aliphatic rings. The number of carbonyl (C=O) groups excluding carboxylic acids is 1. The Morgan fingerprint density at radius 3 is 2.56 bits per heavy atom. The maximum atomic E-state index is 12.3. The second kappa shape index (κ2) is 9.88. The molecule has 1 amide bonds. The first kappa shape index (κ1) is 19.9. The maximum absolute atomic E-state index is 12.3. The largest absolute Gasteiger partial charge is 0.496 e. The molecule has 5 heteroatoms. The fourth-order valence-corrected chi connectivity index (χ4v) is 3.68. The molecule has 0 aliphatic carbocycles. The minimum atomic E-state index is 0.0328. The van der Waals surface area contributed by atoms with Crippen LogP contribution < -0.4 is 10.1 Å². The zero-order valence-corrected chi connectivity index (χ0v) is 17.2. The first-order valence-corrected chi connectivity index (χ1v) is 10.2. The number of amides is 1. The number of rotatable bonds is 8. The van der Waals surface area contributed by atoms with E-state index >= 15 is 0 Å². The fraction of sp³-hybridized carbons (Fsp3) is 0.350. The molecule has 0 spiro atoms. The number of aryl methyl sites for hydroxylation is 1. The molecule has 0 bridgehead atoms. The number of carbonyl (C=O) groups is 1. The van der Waals surface area contributed by atoms with E-state index in [-0.39, 0.29) is 11.9 Å². The summed E-state index contributed by atoms with van der Waals surface area (Å²) in [6.07, 6.45) is 0.856. The number of hydrogen-bond acceptors (Lipinski definition) is 3. The van der Waals surface area contributed by atoms with Gasteiger partial charge in [0.1, 0.15) is 5.75 Å². The Morgan fingerprint density at radius 1 is 1.24 bits per heavy atom. The summed E-state index contributed by atoms with van der Waals surface area (Å²) < 4.78 is 6.37. The Morgan fingerprint density at radius 2 is 1.96 bits per heavy atom. The van der Waals surface area contributed by atoms with Crippen LogP contribution in [0, 0.1) is 6.92 Å². The van der Waals surface area contributed by atoms with E-state index in [1.54, 1.807) is 18.9 Å². The Hall–Kier alpha value is -1.46. The average molecular weight is 422 g/mol. The lowest BCUT2D eigenvalue weighted by atomic mass is 10.0. The van der Waals surface area contributed by atoms with Crippen molar-refractivity contribution in [3.63, 3.8) is 0 Å². The average Bonchev–Trinajstić information content (AvgIpc) is 2.61. The van der Waals surface area contributed by atoms with Crippen molar-refractivity contribution in [2.24, 2.45) is 0 Å². The summed E-state index contributed by atoms with van der Waals surface area (Å²) in [4.78, 5) is 12.3. The Balaban J connectivity index is 1.86. The molecular formula is C20H24BrNO2S. The highest BCUT2D eigenvalue weighted by Gasteiger charge is 2.14. The van der Waals surface area contributed by atoms with Crippen LogP contribution in [0.15, 0.2) is 46.9 Å². The third-order valence-electron chi connectivity index (χ3n) is 3.98. The molecule has 3 nitrogen and oxygen atoms in total. The Kier molecular flexibility index (Phi) is 7.85. The second-order valence-electron chi connectivity index (χ2n) is 5.88. The number of nitrogens with one attached hydrogen (secondary N) is 1. The van der Waals surface area contributed by atoms with Crippen molar-refractivity contribution in [2.45, 2.75) is 32.1 Å². The molecule has 0 heterocycles. The van der Waals surface area contributed by atoms with E-state index in [0.29, 0.717) is 5.75 Å². The van der Waals surface area contributed by atoms with Crippen LogP contribution in [-0.4, -0.2) is 18.8 Å². The summed E-state index contributed by atoms with van der Waals surface area (Å²) in [5, 5.41) is 3.13. The van der Waals surface area contributed by atoms with Crippen LogP contribution >= 0.6 is 27.7 Å². The molecule has 0 saturated carbocycles. The Labute approximate surface area is 162 Å². The molecule has 0 aliphatic heterocycles. The van der Waals surface area contributed by atoms with E-state index in [2.05, 4.69) is 46.4 Å². The van der Waals surface area contributed by atoms with Gasteiger partial charge in [-0.25, -0.2) is 0 Å². The Bertz CT molecular complexity index is 703. The lowest BCUT2D eigenvalue weighted by molar-refractivity contribution is -0.119. The number of thioether (sulfide) groups is 1. The van der Waals surface area contributed by atoms with E-state index in [1.165, 1.54) is 5.56 Å². The lowest BCUT2D eigenvalue weighted by Gasteiger charge is -2.19. The molecule has 2 aromatic rings. The third-order valence-corrected chi connectivity index (χ3v) is 5.51. The normalized spacial score (nSPS) is 11.8. The van der Waals surface area contributed by atoms with Gasteiger partial charge < -0.3 is 10.1 Å². The molecule has 134 valence electrons. The fourth-order valence-electron chi connectivity index (χ4n) is 2.62. The molecule has 0 radical (unpaired) electrons. The van der Waals surface area contributed by atoms with Crippen LogP contribution in [0.25, 0.3) is 0 Å². The number of halogens is 1. The van der Waals surface area contributed by atoms with E-state index < -0.39 is 0 Å². The highest BCUT2D eigenvalue weighted by atomic mass is 79.9. The van der Waals surface area contributed by atoms with Gasteiger partial charge in [-0.1, -0.05) is 47.1 Å². The van der Waals surface area contributed by atoms with Gasteiger partial charge in [0.15, 0.2) is 0 Å². The topological polar surface area (TPSA) is 38.3 Å². The second-order valence-corrected chi connectivity index (χ2v) is 7.78. The van der Waals surface area contributed by atoms with E-state index in [1.807, 2.05) is 31.2 Å². The first-order chi connectivity index (χ1) is 12.0. The zero-order valence-electron chi connectivity index (χ0n) is 14.8. The summed E-state index contributed by atoms with van der Waals surface area (Å²) >= 11 is 5.06. The van der Waals surface area contributed by atoms with Crippen LogP contribution in [0.2, 0.25) is 0 Å². The smallest absolute Gasteiger partial charge is 0.230 e. The number of methoxy groups -OCH3 is 1. The quantitative estimate of drug-likeness (QED) is 0.630. The van der Waals surface area contributed by atoms with Crippen LogP contribution in [0.3, 0.4) is 0 Å². The SMILES string of the molecule is CC[C@H](NC(=O)CSCc1ccc(Br)cc1)c1ccc(OC)c(C)c1. The molecule has 1 atom stereocenters. The van der Waals surface area contributed by atoms with Gasteiger partial charge in [-0.05, 0) is 48.2 Å². The molecule has 0 saturated heterocycles. The van der Waals surface area contributed by atoms with Gasteiger partial charge in [0.05, 0.1) is 18.9 Å². The highest BCUT2D eigenvalue weighted by Crippen LogP contribution is 2.24. The summed E-state index contributed by atoms with van der Waals surface area (Å²) in [5.74, 6) is 2.23. The zero-order chi connectivity index (χ0) is 18.2. The molecule has 2 rings (SSSR count).